The summed E-state index contributed by atoms with van der Waals surface area (Å²) in [6.07, 6.45) is 1.88. The molecule has 0 spiro atoms. The van der Waals surface area contributed by atoms with Gasteiger partial charge in [0.05, 0.1) is 13.2 Å². The maximum Gasteiger partial charge on any atom is 0.161 e. The second-order valence-corrected chi connectivity index (χ2v) is 6.62. The van der Waals surface area contributed by atoms with Crippen molar-refractivity contribution in [1.82, 2.24) is 0 Å². The summed E-state index contributed by atoms with van der Waals surface area (Å²) in [4.78, 5) is 0. The second-order valence-electron chi connectivity index (χ2n) is 6.62. The first-order chi connectivity index (χ1) is 12.1. The zero-order chi connectivity index (χ0) is 18.2. The van der Waals surface area contributed by atoms with E-state index in [2.05, 4.69) is 51.1 Å². The van der Waals surface area contributed by atoms with E-state index in [1.54, 1.807) is 0 Å². The third-order valence-electron chi connectivity index (χ3n) is 4.25. The predicted molar refractivity (Wildman–Crippen MR) is 105 cm³/mol. The molecule has 2 aromatic carbocycles. The fraction of sp³-hybridized carbons (Fsp3) is 0.455. The molecule has 0 aliphatic carbocycles. The minimum Gasteiger partial charge on any atom is -0.490 e. The standard InChI is InChI=1S/C22H31NO2/c1-5-9-25-21-8-7-18(14-22(21)24-6-2)13-20(15-23)19-11-16(3)10-17(4)12-19/h7-8,10-12,14,20H,5-6,9,13,15,23H2,1-4H3. The number of hydrogen-bond acceptors (Lipinski definition) is 3. The monoisotopic (exact) mass is 341 g/mol. The van der Waals surface area contributed by atoms with Crippen LogP contribution < -0.4 is 15.2 Å². The first kappa shape index (κ1) is 19.3. The predicted octanol–water partition coefficient (Wildman–Crippen LogP) is 4.78. The zero-order valence-electron chi connectivity index (χ0n) is 16.0. The van der Waals surface area contributed by atoms with Gasteiger partial charge in [0.2, 0.25) is 0 Å². The minimum absolute atomic E-state index is 0.301. The van der Waals surface area contributed by atoms with E-state index < -0.39 is 0 Å². The Labute approximate surface area is 152 Å². The van der Waals surface area contributed by atoms with Crippen molar-refractivity contribution in [2.45, 2.75) is 46.5 Å². The van der Waals surface area contributed by atoms with Crippen molar-refractivity contribution in [2.24, 2.45) is 5.73 Å². The summed E-state index contributed by atoms with van der Waals surface area (Å²) in [5.74, 6) is 1.95. The van der Waals surface area contributed by atoms with Gasteiger partial charge in [-0.1, -0.05) is 42.3 Å². The van der Waals surface area contributed by atoms with E-state index in [0.29, 0.717) is 25.7 Å². The third-order valence-corrected chi connectivity index (χ3v) is 4.25. The van der Waals surface area contributed by atoms with E-state index in [1.165, 1.54) is 22.3 Å². The van der Waals surface area contributed by atoms with Crippen LogP contribution in [-0.2, 0) is 6.42 Å². The van der Waals surface area contributed by atoms with Crippen LogP contribution in [0.15, 0.2) is 36.4 Å². The number of ether oxygens (including phenoxy) is 2. The topological polar surface area (TPSA) is 44.5 Å². The highest BCUT2D eigenvalue weighted by atomic mass is 16.5. The Hall–Kier alpha value is -2.00. The average molecular weight is 341 g/mol. The maximum atomic E-state index is 6.09. The molecule has 0 bridgehead atoms. The molecular weight excluding hydrogens is 310 g/mol. The van der Waals surface area contributed by atoms with Crippen molar-refractivity contribution in [2.75, 3.05) is 19.8 Å². The molecule has 2 rings (SSSR count). The highest BCUT2D eigenvalue weighted by Crippen LogP contribution is 2.31. The molecule has 0 aliphatic heterocycles. The summed E-state index contributed by atoms with van der Waals surface area (Å²) in [6, 6.07) is 12.9. The molecular formula is C22H31NO2. The Bertz CT molecular complexity index is 661. The number of benzene rings is 2. The van der Waals surface area contributed by atoms with Gasteiger partial charge in [-0.05, 0) is 63.4 Å². The van der Waals surface area contributed by atoms with Gasteiger partial charge in [-0.25, -0.2) is 0 Å². The molecule has 136 valence electrons. The summed E-state index contributed by atoms with van der Waals surface area (Å²) in [5.41, 5.74) is 11.2. The van der Waals surface area contributed by atoms with Crippen LogP contribution in [0.3, 0.4) is 0 Å². The van der Waals surface area contributed by atoms with Crippen LogP contribution in [0, 0.1) is 13.8 Å². The summed E-state index contributed by atoms with van der Waals surface area (Å²) in [5, 5.41) is 0. The summed E-state index contributed by atoms with van der Waals surface area (Å²) < 4.78 is 11.6. The Morgan fingerprint density at radius 1 is 0.920 bits per heavy atom. The minimum atomic E-state index is 0.301. The van der Waals surface area contributed by atoms with Gasteiger partial charge in [0.25, 0.3) is 0 Å². The molecule has 3 nitrogen and oxygen atoms in total. The zero-order valence-corrected chi connectivity index (χ0v) is 16.0. The molecule has 0 heterocycles. The van der Waals surface area contributed by atoms with Crippen molar-refractivity contribution in [1.29, 1.82) is 0 Å². The molecule has 1 unspecified atom stereocenters. The van der Waals surface area contributed by atoms with Crippen LogP contribution in [0.2, 0.25) is 0 Å². The fourth-order valence-electron chi connectivity index (χ4n) is 3.15. The van der Waals surface area contributed by atoms with Gasteiger partial charge >= 0.3 is 0 Å². The van der Waals surface area contributed by atoms with E-state index >= 15 is 0 Å². The molecule has 0 saturated heterocycles. The van der Waals surface area contributed by atoms with Gasteiger partial charge in [-0.15, -0.1) is 0 Å². The van der Waals surface area contributed by atoms with Crippen molar-refractivity contribution >= 4 is 0 Å². The molecule has 0 saturated carbocycles. The number of aryl methyl sites for hydroxylation is 2. The molecule has 2 aromatic rings. The summed E-state index contributed by atoms with van der Waals surface area (Å²) in [6.45, 7) is 10.3. The smallest absolute Gasteiger partial charge is 0.161 e. The normalized spacial score (nSPS) is 12.0. The first-order valence-corrected chi connectivity index (χ1v) is 9.24. The van der Waals surface area contributed by atoms with Crippen molar-refractivity contribution in [3.05, 3.63) is 58.7 Å². The van der Waals surface area contributed by atoms with Crippen molar-refractivity contribution in [3.8, 4) is 11.5 Å². The summed E-state index contributed by atoms with van der Waals surface area (Å²) in [7, 11) is 0. The number of hydrogen-bond donors (Lipinski definition) is 1. The molecule has 1 atom stereocenters. The number of rotatable bonds is 9. The van der Waals surface area contributed by atoms with Gasteiger partial charge in [-0.2, -0.15) is 0 Å². The van der Waals surface area contributed by atoms with Gasteiger partial charge in [0, 0.05) is 5.92 Å². The largest absolute Gasteiger partial charge is 0.490 e. The lowest BCUT2D eigenvalue weighted by Crippen LogP contribution is -2.15. The van der Waals surface area contributed by atoms with Crippen LogP contribution in [0.1, 0.15) is 48.4 Å². The van der Waals surface area contributed by atoms with Crippen LogP contribution in [0.4, 0.5) is 0 Å². The first-order valence-electron chi connectivity index (χ1n) is 9.24. The lowest BCUT2D eigenvalue weighted by molar-refractivity contribution is 0.276. The van der Waals surface area contributed by atoms with Crippen molar-refractivity contribution in [3.63, 3.8) is 0 Å². The lowest BCUT2D eigenvalue weighted by Gasteiger charge is -2.18. The van der Waals surface area contributed by atoms with Crippen LogP contribution >= 0.6 is 0 Å². The van der Waals surface area contributed by atoms with E-state index in [-0.39, 0.29) is 0 Å². The molecule has 0 aromatic heterocycles. The van der Waals surface area contributed by atoms with Gasteiger partial charge in [-0.3, -0.25) is 0 Å². The molecule has 0 aliphatic rings. The molecule has 2 N–H and O–H groups in total. The molecule has 3 heteroatoms. The van der Waals surface area contributed by atoms with E-state index in [4.69, 9.17) is 15.2 Å². The molecule has 25 heavy (non-hydrogen) atoms. The summed E-state index contributed by atoms with van der Waals surface area (Å²) >= 11 is 0. The third kappa shape index (κ3) is 5.50. The Morgan fingerprint density at radius 3 is 2.24 bits per heavy atom. The van der Waals surface area contributed by atoms with Crippen LogP contribution in [-0.4, -0.2) is 19.8 Å². The highest BCUT2D eigenvalue weighted by Gasteiger charge is 2.14. The van der Waals surface area contributed by atoms with Crippen LogP contribution in [0.25, 0.3) is 0 Å². The maximum absolute atomic E-state index is 6.09. The Kier molecular flexibility index (Phi) is 7.32. The van der Waals surface area contributed by atoms with Crippen LogP contribution in [0.5, 0.6) is 11.5 Å². The number of nitrogens with two attached hydrogens (primary N) is 1. The fourth-order valence-corrected chi connectivity index (χ4v) is 3.15. The van der Waals surface area contributed by atoms with Gasteiger partial charge in [0.1, 0.15) is 0 Å². The van der Waals surface area contributed by atoms with Gasteiger partial charge < -0.3 is 15.2 Å². The Morgan fingerprint density at radius 2 is 1.64 bits per heavy atom. The van der Waals surface area contributed by atoms with E-state index in [9.17, 15) is 0 Å². The van der Waals surface area contributed by atoms with Crippen molar-refractivity contribution < 1.29 is 9.47 Å². The second kappa shape index (κ2) is 9.47. The SMILES string of the molecule is CCCOc1ccc(CC(CN)c2cc(C)cc(C)c2)cc1OCC. The van der Waals surface area contributed by atoms with E-state index in [1.807, 2.05) is 13.0 Å². The quantitative estimate of drug-likeness (QED) is 0.714. The molecule has 0 fully saturated rings. The average Bonchev–Trinajstić information content (AvgIpc) is 2.58. The highest BCUT2D eigenvalue weighted by molar-refractivity contribution is 5.44. The molecule has 0 radical (unpaired) electrons. The molecule has 0 amide bonds. The Balaban J connectivity index is 2.23. The lowest BCUT2D eigenvalue weighted by atomic mass is 9.90. The van der Waals surface area contributed by atoms with E-state index in [0.717, 1.165) is 24.3 Å². The van der Waals surface area contributed by atoms with Gasteiger partial charge in [0.15, 0.2) is 11.5 Å².